The van der Waals surface area contributed by atoms with Crippen LogP contribution in [-0.4, -0.2) is 66.7 Å². The number of ether oxygens (including phenoxy) is 1. The van der Waals surface area contributed by atoms with Gasteiger partial charge < -0.3 is 15.8 Å². The minimum absolute atomic E-state index is 0. The molecule has 0 spiro atoms. The lowest BCUT2D eigenvalue weighted by Gasteiger charge is -2.43. The van der Waals surface area contributed by atoms with Crippen molar-refractivity contribution in [2.75, 3.05) is 44.4 Å². The molecule has 2 aliphatic heterocycles. The van der Waals surface area contributed by atoms with Gasteiger partial charge in [-0.3, -0.25) is 9.69 Å². The molecule has 2 atom stereocenters. The predicted octanol–water partition coefficient (Wildman–Crippen LogP) is 0.716. The number of amides is 1. The Morgan fingerprint density at radius 3 is 2.62 bits per heavy atom. The zero-order chi connectivity index (χ0) is 14.6. The van der Waals surface area contributed by atoms with E-state index in [2.05, 4.69) is 10.2 Å². The third kappa shape index (κ3) is 4.73. The standard InChI is InChI=1S/C14H27N3O2S.ClH/c1-11(2)12(15)13(18)16-9-14(3-8-20-10-14)17-4-6-19-7-5-17;/h11-12H,3-10,15H2,1-2H3,(H,16,18);1H/t12-,14?;/m0./s1. The van der Waals surface area contributed by atoms with Crippen LogP contribution >= 0.6 is 24.2 Å². The van der Waals surface area contributed by atoms with E-state index in [0.29, 0.717) is 6.54 Å². The summed E-state index contributed by atoms with van der Waals surface area (Å²) in [6.07, 6.45) is 1.13. The lowest BCUT2D eigenvalue weighted by atomic mass is 9.95. The maximum atomic E-state index is 12.1. The van der Waals surface area contributed by atoms with Gasteiger partial charge in [-0.25, -0.2) is 0 Å². The fraction of sp³-hybridized carbons (Fsp3) is 0.929. The van der Waals surface area contributed by atoms with Crippen LogP contribution in [0.2, 0.25) is 0 Å². The van der Waals surface area contributed by atoms with Crippen molar-refractivity contribution in [3.05, 3.63) is 0 Å². The van der Waals surface area contributed by atoms with Crippen molar-refractivity contribution in [1.29, 1.82) is 0 Å². The highest BCUT2D eigenvalue weighted by Gasteiger charge is 2.41. The summed E-state index contributed by atoms with van der Waals surface area (Å²) < 4.78 is 5.44. The first kappa shape index (κ1) is 19.0. The highest BCUT2D eigenvalue weighted by molar-refractivity contribution is 7.99. The normalized spacial score (nSPS) is 28.2. The average Bonchev–Trinajstić information content (AvgIpc) is 2.95. The van der Waals surface area contributed by atoms with Gasteiger partial charge in [0.2, 0.25) is 5.91 Å². The Kier molecular flexibility index (Phi) is 7.78. The van der Waals surface area contributed by atoms with Crippen LogP contribution < -0.4 is 11.1 Å². The van der Waals surface area contributed by atoms with E-state index in [-0.39, 0.29) is 29.8 Å². The second-order valence-corrected chi connectivity index (χ2v) is 7.22. The lowest BCUT2D eigenvalue weighted by molar-refractivity contribution is -0.124. The number of nitrogens with one attached hydrogen (secondary N) is 1. The molecular weight excluding hydrogens is 310 g/mol. The van der Waals surface area contributed by atoms with Gasteiger partial charge in [0.05, 0.1) is 19.3 Å². The number of hydrogen-bond donors (Lipinski definition) is 2. The molecule has 2 heterocycles. The number of halogens is 1. The summed E-state index contributed by atoms with van der Waals surface area (Å²) in [5.74, 6) is 2.41. The smallest absolute Gasteiger partial charge is 0.237 e. The molecule has 0 aromatic rings. The van der Waals surface area contributed by atoms with Crippen molar-refractivity contribution in [3.8, 4) is 0 Å². The van der Waals surface area contributed by atoms with Crippen LogP contribution in [0.1, 0.15) is 20.3 Å². The van der Waals surface area contributed by atoms with Crippen LogP contribution in [0.3, 0.4) is 0 Å². The number of hydrogen-bond acceptors (Lipinski definition) is 5. The first-order valence-corrected chi connectivity index (χ1v) is 8.64. The second kappa shape index (κ2) is 8.58. The van der Waals surface area contributed by atoms with Gasteiger partial charge in [0.25, 0.3) is 0 Å². The molecule has 7 heteroatoms. The molecule has 0 radical (unpaired) electrons. The number of morpholine rings is 1. The van der Waals surface area contributed by atoms with E-state index in [0.717, 1.165) is 38.5 Å². The van der Waals surface area contributed by atoms with E-state index < -0.39 is 6.04 Å². The maximum Gasteiger partial charge on any atom is 0.237 e. The summed E-state index contributed by atoms with van der Waals surface area (Å²) in [7, 11) is 0. The monoisotopic (exact) mass is 337 g/mol. The van der Waals surface area contributed by atoms with E-state index in [4.69, 9.17) is 10.5 Å². The molecule has 2 rings (SSSR count). The van der Waals surface area contributed by atoms with Gasteiger partial charge in [0.1, 0.15) is 0 Å². The average molecular weight is 338 g/mol. The first-order chi connectivity index (χ1) is 9.55. The first-order valence-electron chi connectivity index (χ1n) is 7.49. The Labute approximate surface area is 138 Å². The SMILES string of the molecule is CC(C)[C@H](N)C(=O)NCC1(N2CCOCC2)CCSC1.Cl. The Morgan fingerprint density at radius 2 is 2.10 bits per heavy atom. The van der Waals surface area contributed by atoms with Crippen LogP contribution in [0.15, 0.2) is 0 Å². The number of nitrogens with two attached hydrogens (primary N) is 1. The molecule has 0 aromatic heterocycles. The van der Waals surface area contributed by atoms with E-state index >= 15 is 0 Å². The zero-order valence-electron chi connectivity index (χ0n) is 13.0. The zero-order valence-corrected chi connectivity index (χ0v) is 14.6. The molecule has 0 aliphatic carbocycles. The van der Waals surface area contributed by atoms with E-state index in [1.54, 1.807) is 0 Å². The van der Waals surface area contributed by atoms with Crippen molar-refractivity contribution < 1.29 is 9.53 Å². The molecule has 3 N–H and O–H groups in total. The quantitative estimate of drug-likeness (QED) is 0.773. The van der Waals surface area contributed by atoms with Crippen LogP contribution in [0.5, 0.6) is 0 Å². The number of thioether (sulfide) groups is 1. The minimum atomic E-state index is -0.411. The third-order valence-electron chi connectivity index (χ3n) is 4.38. The Balaban J connectivity index is 0.00000220. The number of rotatable bonds is 5. The molecule has 21 heavy (non-hydrogen) atoms. The van der Waals surface area contributed by atoms with Gasteiger partial charge in [0.15, 0.2) is 0 Å². The van der Waals surface area contributed by atoms with E-state index in [1.165, 1.54) is 5.75 Å². The highest BCUT2D eigenvalue weighted by Crippen LogP contribution is 2.33. The van der Waals surface area contributed by atoms with Crippen LogP contribution in [0.4, 0.5) is 0 Å². The summed E-state index contributed by atoms with van der Waals surface area (Å²) in [6, 6.07) is -0.411. The van der Waals surface area contributed by atoms with Gasteiger partial charge in [0, 0.05) is 30.9 Å². The van der Waals surface area contributed by atoms with Crippen LogP contribution in [0.25, 0.3) is 0 Å². The number of carbonyl (C=O) groups is 1. The van der Waals surface area contributed by atoms with Gasteiger partial charge >= 0.3 is 0 Å². The summed E-state index contributed by atoms with van der Waals surface area (Å²) in [4.78, 5) is 14.6. The van der Waals surface area contributed by atoms with E-state index in [1.807, 2.05) is 25.6 Å². The summed E-state index contributed by atoms with van der Waals surface area (Å²) in [6.45, 7) is 8.19. The van der Waals surface area contributed by atoms with Crippen molar-refractivity contribution in [3.63, 3.8) is 0 Å². The molecule has 0 saturated carbocycles. The molecule has 2 fully saturated rings. The summed E-state index contributed by atoms with van der Waals surface area (Å²) in [5.41, 5.74) is 6.01. The van der Waals surface area contributed by atoms with Crippen LogP contribution in [0, 0.1) is 5.92 Å². The van der Waals surface area contributed by atoms with Gasteiger partial charge in [-0.05, 0) is 18.1 Å². The largest absolute Gasteiger partial charge is 0.379 e. The third-order valence-corrected chi connectivity index (χ3v) is 5.61. The molecule has 1 amide bonds. The van der Waals surface area contributed by atoms with Crippen LogP contribution in [-0.2, 0) is 9.53 Å². The van der Waals surface area contributed by atoms with E-state index in [9.17, 15) is 4.79 Å². The van der Waals surface area contributed by atoms with Crippen molar-refractivity contribution in [2.24, 2.45) is 11.7 Å². The Morgan fingerprint density at radius 1 is 1.43 bits per heavy atom. The summed E-state index contributed by atoms with van der Waals surface area (Å²) >= 11 is 1.98. The second-order valence-electron chi connectivity index (χ2n) is 6.11. The highest BCUT2D eigenvalue weighted by atomic mass is 35.5. The summed E-state index contributed by atoms with van der Waals surface area (Å²) in [5, 5.41) is 3.08. The topological polar surface area (TPSA) is 67.6 Å². The number of nitrogens with zero attached hydrogens (tertiary/aromatic N) is 1. The number of carbonyl (C=O) groups excluding carboxylic acids is 1. The van der Waals surface area contributed by atoms with Crippen molar-refractivity contribution in [2.45, 2.75) is 31.8 Å². The van der Waals surface area contributed by atoms with Gasteiger partial charge in [-0.2, -0.15) is 11.8 Å². The molecule has 1 unspecified atom stereocenters. The lowest BCUT2D eigenvalue weighted by Crippen LogP contribution is -2.60. The molecule has 2 aliphatic rings. The van der Waals surface area contributed by atoms with Gasteiger partial charge in [-0.1, -0.05) is 13.8 Å². The Hall–Kier alpha value is -0.0100. The molecule has 5 nitrogen and oxygen atoms in total. The fourth-order valence-electron chi connectivity index (χ4n) is 2.81. The predicted molar refractivity (Wildman–Crippen MR) is 90.1 cm³/mol. The molecule has 0 bridgehead atoms. The minimum Gasteiger partial charge on any atom is -0.379 e. The molecular formula is C14H28ClN3O2S. The molecule has 0 aromatic carbocycles. The van der Waals surface area contributed by atoms with Crippen molar-refractivity contribution >= 4 is 30.1 Å². The van der Waals surface area contributed by atoms with Gasteiger partial charge in [-0.15, -0.1) is 12.4 Å². The molecule has 124 valence electrons. The Bertz CT molecular complexity index is 332. The fourth-order valence-corrected chi connectivity index (χ4v) is 4.28. The maximum absolute atomic E-state index is 12.1. The van der Waals surface area contributed by atoms with Crippen molar-refractivity contribution in [1.82, 2.24) is 10.2 Å². The molecule has 2 saturated heterocycles.